The molecule has 37 heavy (non-hydrogen) atoms. The van der Waals surface area contributed by atoms with Crippen LogP contribution in [0.4, 0.5) is 11.4 Å². The van der Waals surface area contributed by atoms with Gasteiger partial charge in [-0.2, -0.15) is 8.42 Å². The Bertz CT molecular complexity index is 1450. The molecular weight excluding hydrogens is 504 g/mol. The minimum absolute atomic E-state index is 0.0166. The quantitative estimate of drug-likeness (QED) is 0.115. The Morgan fingerprint density at radius 1 is 0.892 bits per heavy atom. The van der Waals surface area contributed by atoms with Gasteiger partial charge in [-0.05, 0) is 65.9 Å². The minimum Gasteiger partial charge on any atom is -0.488 e. The highest BCUT2D eigenvalue weighted by atomic mass is 32.2. The number of non-ortho nitro benzene ring substituents is 1. The van der Waals surface area contributed by atoms with Crippen LogP contribution in [0.3, 0.4) is 0 Å². The van der Waals surface area contributed by atoms with Crippen molar-refractivity contribution >= 4 is 33.6 Å². The van der Waals surface area contributed by atoms with Gasteiger partial charge in [-0.3, -0.25) is 24.8 Å². The molecule has 11 nitrogen and oxygen atoms in total. The summed E-state index contributed by atoms with van der Waals surface area (Å²) in [5.41, 5.74) is 2.37. The molecule has 0 aliphatic carbocycles. The number of benzene rings is 3. The first-order valence-corrected chi connectivity index (χ1v) is 12.5. The molecule has 0 heterocycles. The SMILES string of the molecule is CCc1c(C)ccc(S(=O)(=O)O)c1OCCOc1cc(C=Cc2ccc([N+](=O)[O-])cc2)ccc1[N+](=O)[O-]. The largest absolute Gasteiger partial charge is 0.488 e. The lowest BCUT2D eigenvalue weighted by Gasteiger charge is -2.16. The maximum Gasteiger partial charge on any atom is 0.310 e. The Morgan fingerprint density at radius 3 is 2.11 bits per heavy atom. The van der Waals surface area contributed by atoms with Crippen molar-refractivity contribution in [3.8, 4) is 11.5 Å². The van der Waals surface area contributed by atoms with E-state index in [0.717, 1.165) is 5.56 Å². The van der Waals surface area contributed by atoms with Crippen LogP contribution in [0.5, 0.6) is 11.5 Å². The van der Waals surface area contributed by atoms with Crippen molar-refractivity contribution < 1.29 is 32.3 Å². The normalized spacial score (nSPS) is 11.4. The van der Waals surface area contributed by atoms with E-state index in [9.17, 15) is 33.2 Å². The lowest BCUT2D eigenvalue weighted by Crippen LogP contribution is -2.13. The van der Waals surface area contributed by atoms with Crippen LogP contribution in [0.15, 0.2) is 59.5 Å². The predicted octanol–water partition coefficient (Wildman–Crippen LogP) is 5.25. The van der Waals surface area contributed by atoms with Crippen molar-refractivity contribution in [2.45, 2.75) is 25.2 Å². The van der Waals surface area contributed by atoms with Gasteiger partial charge in [0.05, 0.1) is 9.85 Å². The lowest BCUT2D eigenvalue weighted by molar-refractivity contribution is -0.385. The van der Waals surface area contributed by atoms with Gasteiger partial charge >= 0.3 is 5.69 Å². The molecule has 0 aliphatic rings. The standard InChI is InChI=1S/C25H24N2O9S/c1-3-21-17(2)4-13-24(37(32,33)34)25(21)36-15-14-35-23-16-19(9-12-22(23)27(30)31)6-5-18-7-10-20(11-8-18)26(28)29/h4-13,16H,3,14-15H2,1-2H3,(H,32,33,34). The highest BCUT2D eigenvalue weighted by Crippen LogP contribution is 2.32. The number of nitro groups is 2. The molecule has 3 aromatic carbocycles. The fourth-order valence-corrected chi connectivity index (χ4v) is 4.26. The van der Waals surface area contributed by atoms with E-state index in [4.69, 9.17) is 9.47 Å². The molecule has 0 atom stereocenters. The Kier molecular flexibility index (Phi) is 8.58. The number of hydrogen-bond acceptors (Lipinski definition) is 8. The number of rotatable bonds is 11. The smallest absolute Gasteiger partial charge is 0.310 e. The number of nitrogens with zero attached hydrogens (tertiary/aromatic N) is 2. The van der Waals surface area contributed by atoms with Crippen molar-refractivity contribution in [2.75, 3.05) is 13.2 Å². The molecular formula is C25H24N2O9S. The Balaban J connectivity index is 1.76. The Labute approximate surface area is 213 Å². The summed E-state index contributed by atoms with van der Waals surface area (Å²) in [5, 5.41) is 22.2. The Hall–Kier alpha value is -4.29. The third-order valence-corrected chi connectivity index (χ3v) is 6.31. The summed E-state index contributed by atoms with van der Waals surface area (Å²) in [6, 6.07) is 13.0. The monoisotopic (exact) mass is 528 g/mol. The van der Waals surface area contributed by atoms with Gasteiger partial charge in [-0.15, -0.1) is 0 Å². The molecule has 0 saturated heterocycles. The zero-order valence-electron chi connectivity index (χ0n) is 20.0. The molecule has 0 saturated carbocycles. The van der Waals surface area contributed by atoms with E-state index >= 15 is 0 Å². The van der Waals surface area contributed by atoms with Crippen LogP contribution >= 0.6 is 0 Å². The van der Waals surface area contributed by atoms with E-state index in [-0.39, 0.29) is 41.0 Å². The molecule has 0 aromatic heterocycles. The summed E-state index contributed by atoms with van der Waals surface area (Å²) in [6.07, 6.45) is 3.82. The fourth-order valence-electron chi connectivity index (χ4n) is 3.60. The second kappa shape index (κ2) is 11.6. The van der Waals surface area contributed by atoms with Crippen LogP contribution < -0.4 is 9.47 Å². The Morgan fingerprint density at radius 2 is 1.51 bits per heavy atom. The molecule has 0 unspecified atom stereocenters. The average molecular weight is 529 g/mol. The highest BCUT2D eigenvalue weighted by Gasteiger charge is 2.21. The number of aryl methyl sites for hydroxylation is 1. The summed E-state index contributed by atoms with van der Waals surface area (Å²) in [6.45, 7) is 3.32. The third kappa shape index (κ3) is 6.90. The van der Waals surface area contributed by atoms with Crippen LogP contribution in [-0.2, 0) is 16.5 Å². The number of hydrogen-bond donors (Lipinski definition) is 1. The van der Waals surface area contributed by atoms with Gasteiger partial charge in [-0.1, -0.05) is 25.1 Å². The third-order valence-electron chi connectivity index (χ3n) is 5.43. The van der Waals surface area contributed by atoms with Crippen molar-refractivity contribution in [3.05, 3.63) is 97.1 Å². The predicted molar refractivity (Wildman–Crippen MR) is 136 cm³/mol. The summed E-state index contributed by atoms with van der Waals surface area (Å²) in [7, 11) is -4.53. The molecule has 12 heteroatoms. The summed E-state index contributed by atoms with van der Waals surface area (Å²) < 4.78 is 44.4. The number of nitro benzene ring substituents is 2. The molecule has 0 bridgehead atoms. The average Bonchev–Trinajstić information content (AvgIpc) is 2.84. The van der Waals surface area contributed by atoms with Crippen molar-refractivity contribution in [1.82, 2.24) is 0 Å². The van der Waals surface area contributed by atoms with E-state index in [1.165, 1.54) is 36.4 Å². The van der Waals surface area contributed by atoms with Crippen LogP contribution in [0.1, 0.15) is 29.2 Å². The van der Waals surface area contributed by atoms with E-state index in [2.05, 4.69) is 0 Å². The lowest BCUT2D eigenvalue weighted by atomic mass is 10.1. The second-order valence-corrected chi connectivity index (χ2v) is 9.27. The molecule has 0 fully saturated rings. The zero-order valence-corrected chi connectivity index (χ0v) is 20.8. The van der Waals surface area contributed by atoms with E-state index in [1.807, 2.05) is 6.92 Å². The van der Waals surface area contributed by atoms with Gasteiger partial charge in [0.15, 0.2) is 5.75 Å². The molecule has 0 radical (unpaired) electrons. The van der Waals surface area contributed by atoms with Crippen LogP contribution in [-0.4, -0.2) is 36.0 Å². The van der Waals surface area contributed by atoms with E-state index in [0.29, 0.717) is 23.1 Å². The summed E-state index contributed by atoms with van der Waals surface area (Å²) in [4.78, 5) is 20.8. The van der Waals surface area contributed by atoms with Crippen molar-refractivity contribution in [1.29, 1.82) is 0 Å². The summed E-state index contributed by atoms with van der Waals surface area (Å²) in [5.74, 6) is -0.00251. The first-order valence-electron chi connectivity index (χ1n) is 11.1. The van der Waals surface area contributed by atoms with Crippen LogP contribution in [0, 0.1) is 27.2 Å². The van der Waals surface area contributed by atoms with Gasteiger partial charge in [0.2, 0.25) is 0 Å². The second-order valence-electron chi connectivity index (χ2n) is 7.88. The van der Waals surface area contributed by atoms with Gasteiger partial charge in [-0.25, -0.2) is 0 Å². The molecule has 3 rings (SSSR count). The van der Waals surface area contributed by atoms with Crippen LogP contribution in [0.2, 0.25) is 0 Å². The zero-order chi connectivity index (χ0) is 27.2. The van der Waals surface area contributed by atoms with Gasteiger partial charge < -0.3 is 9.47 Å². The molecule has 3 aromatic rings. The van der Waals surface area contributed by atoms with Gasteiger partial charge in [0.25, 0.3) is 15.8 Å². The maximum atomic E-state index is 11.8. The van der Waals surface area contributed by atoms with Crippen molar-refractivity contribution in [2.24, 2.45) is 0 Å². The molecule has 0 amide bonds. The maximum absolute atomic E-state index is 11.8. The highest BCUT2D eigenvalue weighted by molar-refractivity contribution is 7.86. The molecule has 1 N–H and O–H groups in total. The fraction of sp³-hybridized carbons (Fsp3) is 0.200. The van der Waals surface area contributed by atoms with Gasteiger partial charge in [0.1, 0.15) is 23.9 Å². The first kappa shape index (κ1) is 27.3. The number of ether oxygens (including phenoxy) is 2. The van der Waals surface area contributed by atoms with Gasteiger partial charge in [0, 0.05) is 18.2 Å². The summed E-state index contributed by atoms with van der Waals surface area (Å²) >= 11 is 0. The topological polar surface area (TPSA) is 159 Å². The van der Waals surface area contributed by atoms with E-state index < -0.39 is 20.0 Å². The molecule has 0 spiro atoms. The van der Waals surface area contributed by atoms with Crippen LogP contribution in [0.25, 0.3) is 12.2 Å². The first-order chi connectivity index (χ1) is 17.5. The molecule has 194 valence electrons. The molecule has 0 aliphatic heterocycles. The van der Waals surface area contributed by atoms with E-state index in [1.54, 1.807) is 37.3 Å². The minimum atomic E-state index is -4.53. The van der Waals surface area contributed by atoms with Crippen molar-refractivity contribution in [3.63, 3.8) is 0 Å².